The Kier molecular flexibility index (Phi) is 5.90. The Hall–Kier alpha value is 0.270. The number of hydrogen-bond donors (Lipinski definition) is 1. The van der Waals surface area contributed by atoms with Crippen molar-refractivity contribution in [3.63, 3.8) is 0 Å². The lowest BCUT2D eigenvalue weighted by atomic mass is 9.92. The van der Waals surface area contributed by atoms with Gasteiger partial charge in [-0.3, -0.25) is 0 Å². The van der Waals surface area contributed by atoms with Gasteiger partial charge in [0.05, 0.1) is 6.10 Å². The Morgan fingerprint density at radius 1 is 1.43 bits per heavy atom. The zero-order valence-corrected chi connectivity index (χ0v) is 10.2. The van der Waals surface area contributed by atoms with Crippen LogP contribution in [-0.2, 0) is 0 Å². The maximum atomic E-state index is 9.73. The molecule has 1 heterocycles. The van der Waals surface area contributed by atoms with Crippen LogP contribution in [0.3, 0.4) is 0 Å². The third kappa shape index (κ3) is 3.79. The van der Waals surface area contributed by atoms with Crippen LogP contribution >= 0.6 is 11.8 Å². The van der Waals surface area contributed by atoms with Crippen LogP contribution in [0, 0.1) is 5.92 Å². The third-order valence-corrected chi connectivity index (χ3v) is 3.94. The van der Waals surface area contributed by atoms with Gasteiger partial charge >= 0.3 is 0 Å². The minimum atomic E-state index is -0.0462. The van der Waals surface area contributed by atoms with E-state index in [1.54, 1.807) is 0 Å². The first-order valence-corrected chi connectivity index (χ1v) is 6.91. The number of aliphatic hydroxyl groups excluding tert-OH is 1. The Morgan fingerprint density at radius 2 is 2.21 bits per heavy atom. The molecule has 14 heavy (non-hydrogen) atoms. The molecule has 84 valence electrons. The van der Waals surface area contributed by atoms with Gasteiger partial charge in [-0.25, -0.2) is 0 Å². The van der Waals surface area contributed by atoms with Gasteiger partial charge in [-0.05, 0) is 24.5 Å². The van der Waals surface area contributed by atoms with Crippen molar-refractivity contribution >= 4 is 11.8 Å². The highest BCUT2D eigenvalue weighted by Gasteiger charge is 2.25. The van der Waals surface area contributed by atoms with Gasteiger partial charge < -0.3 is 10.0 Å². The number of nitrogens with zero attached hydrogens (tertiary/aromatic N) is 1. The molecule has 1 saturated heterocycles. The van der Waals surface area contributed by atoms with Crippen molar-refractivity contribution in [3.8, 4) is 0 Å². The summed E-state index contributed by atoms with van der Waals surface area (Å²) in [5.41, 5.74) is 0. The lowest BCUT2D eigenvalue weighted by Crippen LogP contribution is -2.43. The third-order valence-electron chi connectivity index (χ3n) is 3.06. The summed E-state index contributed by atoms with van der Waals surface area (Å²) in [6.07, 6.45) is 2.03. The van der Waals surface area contributed by atoms with Gasteiger partial charge in [0.25, 0.3) is 0 Å². The second-order valence-electron chi connectivity index (χ2n) is 4.02. The van der Waals surface area contributed by atoms with Crippen LogP contribution in [0.15, 0.2) is 0 Å². The van der Waals surface area contributed by atoms with E-state index in [4.69, 9.17) is 0 Å². The van der Waals surface area contributed by atoms with Crippen molar-refractivity contribution in [2.45, 2.75) is 32.8 Å². The summed E-state index contributed by atoms with van der Waals surface area (Å²) in [4.78, 5) is 2.50. The molecule has 0 radical (unpaired) electrons. The first kappa shape index (κ1) is 12.3. The normalized spacial score (nSPS) is 29.4. The van der Waals surface area contributed by atoms with Crippen molar-refractivity contribution < 1.29 is 5.11 Å². The smallest absolute Gasteiger partial charge is 0.0592 e. The summed E-state index contributed by atoms with van der Waals surface area (Å²) < 4.78 is 0. The lowest BCUT2D eigenvalue weighted by molar-refractivity contribution is 0.0276. The van der Waals surface area contributed by atoms with E-state index in [-0.39, 0.29) is 6.10 Å². The number of aliphatic hydroxyl groups is 1. The molecule has 0 aromatic rings. The highest BCUT2D eigenvalue weighted by Crippen LogP contribution is 2.20. The first-order chi connectivity index (χ1) is 6.77. The SMILES string of the molecule is CCSCCN1CCC(O)C(CC)C1. The zero-order valence-electron chi connectivity index (χ0n) is 9.41. The number of likely N-dealkylation sites (tertiary alicyclic amines) is 1. The average molecular weight is 217 g/mol. The van der Waals surface area contributed by atoms with Gasteiger partial charge in [-0.2, -0.15) is 11.8 Å². The fourth-order valence-electron chi connectivity index (χ4n) is 2.04. The van der Waals surface area contributed by atoms with Gasteiger partial charge in [0.2, 0.25) is 0 Å². The van der Waals surface area contributed by atoms with E-state index in [0.717, 1.165) is 25.9 Å². The fourth-order valence-corrected chi connectivity index (χ4v) is 2.71. The van der Waals surface area contributed by atoms with E-state index in [9.17, 15) is 5.11 Å². The molecule has 2 nitrogen and oxygen atoms in total. The Morgan fingerprint density at radius 3 is 2.86 bits per heavy atom. The average Bonchev–Trinajstić information content (AvgIpc) is 2.21. The molecule has 1 fully saturated rings. The van der Waals surface area contributed by atoms with E-state index >= 15 is 0 Å². The molecule has 0 bridgehead atoms. The minimum Gasteiger partial charge on any atom is -0.393 e. The predicted octanol–water partition coefficient (Wildman–Crippen LogP) is 1.83. The molecule has 3 heteroatoms. The van der Waals surface area contributed by atoms with Crippen LogP contribution in [0.4, 0.5) is 0 Å². The fraction of sp³-hybridized carbons (Fsp3) is 1.00. The van der Waals surface area contributed by atoms with Crippen molar-refractivity contribution in [1.29, 1.82) is 0 Å². The molecule has 1 N–H and O–H groups in total. The number of hydrogen-bond acceptors (Lipinski definition) is 3. The van der Waals surface area contributed by atoms with E-state index < -0.39 is 0 Å². The molecule has 0 spiro atoms. The monoisotopic (exact) mass is 217 g/mol. The number of piperidine rings is 1. The van der Waals surface area contributed by atoms with Crippen LogP contribution in [-0.4, -0.2) is 47.3 Å². The van der Waals surface area contributed by atoms with E-state index in [1.165, 1.54) is 18.1 Å². The van der Waals surface area contributed by atoms with Gasteiger partial charge in [0.1, 0.15) is 0 Å². The van der Waals surface area contributed by atoms with Crippen LogP contribution in [0.1, 0.15) is 26.7 Å². The summed E-state index contributed by atoms with van der Waals surface area (Å²) in [6.45, 7) is 7.77. The standard InChI is InChI=1S/C11H23NOS/c1-3-10-9-12(6-5-11(10)13)7-8-14-4-2/h10-11,13H,3-9H2,1-2H3. The summed E-state index contributed by atoms with van der Waals surface area (Å²) in [6, 6.07) is 0. The van der Waals surface area contributed by atoms with Crippen molar-refractivity contribution in [2.24, 2.45) is 5.92 Å². The highest BCUT2D eigenvalue weighted by atomic mass is 32.2. The van der Waals surface area contributed by atoms with Crippen molar-refractivity contribution in [3.05, 3.63) is 0 Å². The minimum absolute atomic E-state index is 0.0462. The van der Waals surface area contributed by atoms with Gasteiger partial charge in [0, 0.05) is 25.4 Å². The van der Waals surface area contributed by atoms with Crippen molar-refractivity contribution in [1.82, 2.24) is 4.90 Å². The lowest BCUT2D eigenvalue weighted by Gasteiger charge is -2.35. The van der Waals surface area contributed by atoms with E-state index in [1.807, 2.05) is 11.8 Å². The maximum absolute atomic E-state index is 9.73. The topological polar surface area (TPSA) is 23.5 Å². The predicted molar refractivity (Wildman–Crippen MR) is 63.8 cm³/mol. The van der Waals surface area contributed by atoms with Gasteiger partial charge in [-0.15, -0.1) is 0 Å². The Bertz CT molecular complexity index is 154. The summed E-state index contributed by atoms with van der Waals surface area (Å²) in [5.74, 6) is 2.96. The van der Waals surface area contributed by atoms with Gasteiger partial charge in [-0.1, -0.05) is 13.8 Å². The zero-order chi connectivity index (χ0) is 10.4. The quantitative estimate of drug-likeness (QED) is 0.711. The second-order valence-corrected chi connectivity index (χ2v) is 5.42. The number of thioether (sulfide) groups is 1. The largest absolute Gasteiger partial charge is 0.393 e. The van der Waals surface area contributed by atoms with Gasteiger partial charge in [0.15, 0.2) is 0 Å². The maximum Gasteiger partial charge on any atom is 0.0592 e. The molecule has 2 unspecified atom stereocenters. The summed E-state index contributed by atoms with van der Waals surface area (Å²) in [7, 11) is 0. The summed E-state index contributed by atoms with van der Waals surface area (Å²) >= 11 is 2.01. The second kappa shape index (κ2) is 6.70. The van der Waals surface area contributed by atoms with Crippen LogP contribution in [0.5, 0.6) is 0 Å². The molecule has 1 aliphatic rings. The van der Waals surface area contributed by atoms with E-state index in [2.05, 4.69) is 18.7 Å². The molecular weight excluding hydrogens is 194 g/mol. The molecule has 0 aromatic carbocycles. The summed E-state index contributed by atoms with van der Waals surface area (Å²) in [5, 5.41) is 9.73. The molecule has 0 saturated carbocycles. The van der Waals surface area contributed by atoms with Crippen LogP contribution < -0.4 is 0 Å². The van der Waals surface area contributed by atoms with Crippen LogP contribution in [0.25, 0.3) is 0 Å². The van der Waals surface area contributed by atoms with Crippen molar-refractivity contribution in [2.75, 3.05) is 31.1 Å². The Balaban J connectivity index is 2.21. The molecule has 1 rings (SSSR count). The molecule has 0 aliphatic carbocycles. The molecular formula is C11H23NOS. The number of rotatable bonds is 5. The molecule has 1 aliphatic heterocycles. The van der Waals surface area contributed by atoms with E-state index in [0.29, 0.717) is 5.92 Å². The molecule has 0 amide bonds. The first-order valence-electron chi connectivity index (χ1n) is 5.76. The van der Waals surface area contributed by atoms with Crippen LogP contribution in [0.2, 0.25) is 0 Å². The molecule has 2 atom stereocenters. The Labute approximate surface area is 92.1 Å². The molecule has 0 aromatic heterocycles. The highest BCUT2D eigenvalue weighted by molar-refractivity contribution is 7.99.